The summed E-state index contributed by atoms with van der Waals surface area (Å²) in [7, 11) is 1.78. The number of aromatic nitrogens is 2. The third kappa shape index (κ3) is 5.14. The molecule has 0 bridgehead atoms. The molecule has 0 saturated heterocycles. The highest BCUT2D eigenvalue weighted by Crippen LogP contribution is 2.16. The van der Waals surface area contributed by atoms with Gasteiger partial charge < -0.3 is 15.2 Å². The summed E-state index contributed by atoms with van der Waals surface area (Å²) in [5.74, 6) is 2.66. The lowest BCUT2D eigenvalue weighted by Gasteiger charge is -2.15. The van der Waals surface area contributed by atoms with Gasteiger partial charge in [0.1, 0.15) is 0 Å². The van der Waals surface area contributed by atoms with E-state index >= 15 is 0 Å². The number of aliphatic imine (C=N–C) groups is 1. The minimum Gasteiger partial charge on any atom is -0.356 e. The van der Waals surface area contributed by atoms with Gasteiger partial charge in [0.25, 0.3) is 0 Å². The van der Waals surface area contributed by atoms with Crippen LogP contribution < -0.4 is 10.6 Å². The summed E-state index contributed by atoms with van der Waals surface area (Å²) in [5.41, 5.74) is 1.36. The first-order chi connectivity index (χ1) is 10.7. The molecule has 0 aliphatic rings. The predicted molar refractivity (Wildman–Crippen MR) is 89.5 cm³/mol. The summed E-state index contributed by atoms with van der Waals surface area (Å²) in [6, 6.07) is 2.17. The summed E-state index contributed by atoms with van der Waals surface area (Å²) < 4.78 is 5.08. The van der Waals surface area contributed by atoms with Crippen molar-refractivity contribution in [2.45, 2.75) is 32.6 Å². The van der Waals surface area contributed by atoms with Crippen molar-refractivity contribution in [3.8, 4) is 0 Å². The summed E-state index contributed by atoms with van der Waals surface area (Å²) >= 11 is 1.73. The molecule has 0 radical (unpaired) electrons. The van der Waals surface area contributed by atoms with E-state index in [1.807, 2.05) is 6.92 Å². The van der Waals surface area contributed by atoms with Gasteiger partial charge in [0, 0.05) is 26.6 Å². The zero-order valence-electron chi connectivity index (χ0n) is 13.3. The third-order valence-electron chi connectivity index (χ3n) is 3.34. The standard InChI is InChI=1S/C15H23N5OS/c1-11(13-6-8-22-10-13)9-18-15(16-3)17-7-4-5-14-19-12(2)20-21-14/h6,8,10-11H,4-5,7,9H2,1-3H3,(H2,16,17,18). The van der Waals surface area contributed by atoms with E-state index in [0.717, 1.165) is 31.9 Å². The molecule has 0 fully saturated rings. The molecule has 7 heteroatoms. The van der Waals surface area contributed by atoms with Gasteiger partial charge >= 0.3 is 0 Å². The monoisotopic (exact) mass is 321 g/mol. The van der Waals surface area contributed by atoms with Gasteiger partial charge in [0.15, 0.2) is 11.8 Å². The Balaban J connectivity index is 1.65. The van der Waals surface area contributed by atoms with Crippen LogP contribution in [0.25, 0.3) is 0 Å². The molecule has 2 N–H and O–H groups in total. The van der Waals surface area contributed by atoms with Gasteiger partial charge in [-0.2, -0.15) is 16.3 Å². The predicted octanol–water partition coefficient (Wildman–Crippen LogP) is 2.34. The van der Waals surface area contributed by atoms with Crippen LogP contribution in [0.5, 0.6) is 0 Å². The lowest BCUT2D eigenvalue weighted by molar-refractivity contribution is 0.372. The lowest BCUT2D eigenvalue weighted by Crippen LogP contribution is -2.39. The van der Waals surface area contributed by atoms with Crippen LogP contribution in [-0.4, -0.2) is 36.2 Å². The first-order valence-corrected chi connectivity index (χ1v) is 8.39. The molecule has 1 unspecified atom stereocenters. The molecule has 0 amide bonds. The minimum atomic E-state index is 0.464. The van der Waals surface area contributed by atoms with Gasteiger partial charge in [0.05, 0.1) is 0 Å². The normalized spacial score (nSPS) is 13.1. The maximum atomic E-state index is 5.08. The second kappa shape index (κ2) is 8.53. The first kappa shape index (κ1) is 16.5. The maximum Gasteiger partial charge on any atom is 0.226 e. The molecule has 1 atom stereocenters. The van der Waals surface area contributed by atoms with Crippen molar-refractivity contribution in [3.05, 3.63) is 34.1 Å². The number of guanidine groups is 1. The molecular weight excluding hydrogens is 298 g/mol. The molecular formula is C15H23N5OS. The molecule has 0 aliphatic heterocycles. The Kier molecular flexibility index (Phi) is 6.39. The van der Waals surface area contributed by atoms with Crippen molar-refractivity contribution in [2.75, 3.05) is 20.1 Å². The smallest absolute Gasteiger partial charge is 0.226 e. The topological polar surface area (TPSA) is 75.3 Å². The second-order valence-corrected chi connectivity index (χ2v) is 5.96. The van der Waals surface area contributed by atoms with Gasteiger partial charge in [-0.05, 0) is 41.7 Å². The molecule has 2 heterocycles. The van der Waals surface area contributed by atoms with Gasteiger partial charge in [0.2, 0.25) is 5.89 Å². The van der Waals surface area contributed by atoms with Crippen LogP contribution in [0.3, 0.4) is 0 Å². The van der Waals surface area contributed by atoms with E-state index in [-0.39, 0.29) is 0 Å². The highest BCUT2D eigenvalue weighted by atomic mass is 32.1. The largest absolute Gasteiger partial charge is 0.356 e. The molecule has 6 nitrogen and oxygen atoms in total. The average molecular weight is 321 g/mol. The zero-order valence-corrected chi connectivity index (χ0v) is 14.1. The van der Waals surface area contributed by atoms with Crippen LogP contribution in [-0.2, 0) is 6.42 Å². The van der Waals surface area contributed by atoms with E-state index in [4.69, 9.17) is 4.52 Å². The Labute approximate surface area is 135 Å². The number of nitrogens with zero attached hydrogens (tertiary/aromatic N) is 3. The molecule has 0 saturated carbocycles. The Bertz CT molecular complexity index is 579. The minimum absolute atomic E-state index is 0.464. The van der Waals surface area contributed by atoms with Gasteiger partial charge in [-0.25, -0.2) is 0 Å². The van der Waals surface area contributed by atoms with Crippen molar-refractivity contribution in [1.29, 1.82) is 0 Å². The number of nitrogens with one attached hydrogen (secondary N) is 2. The summed E-state index contributed by atoms with van der Waals surface area (Å²) in [6.07, 6.45) is 1.69. The summed E-state index contributed by atoms with van der Waals surface area (Å²) in [6.45, 7) is 5.71. The number of hydrogen-bond donors (Lipinski definition) is 2. The van der Waals surface area contributed by atoms with Crippen LogP contribution in [0.2, 0.25) is 0 Å². The van der Waals surface area contributed by atoms with E-state index in [1.54, 1.807) is 18.4 Å². The molecule has 0 aliphatic carbocycles. The highest BCUT2D eigenvalue weighted by molar-refractivity contribution is 7.07. The van der Waals surface area contributed by atoms with Gasteiger partial charge in [-0.1, -0.05) is 12.1 Å². The maximum absolute atomic E-state index is 5.08. The molecule has 2 rings (SSSR count). The molecule has 2 aromatic rings. The van der Waals surface area contributed by atoms with Crippen LogP contribution in [0, 0.1) is 6.92 Å². The first-order valence-electron chi connectivity index (χ1n) is 7.45. The SMILES string of the molecule is CN=C(NCCCc1nc(C)no1)NCC(C)c1ccsc1. The Morgan fingerprint density at radius 2 is 2.32 bits per heavy atom. The molecule has 120 valence electrons. The number of thiophene rings is 1. The van der Waals surface area contributed by atoms with E-state index in [2.05, 4.69) is 49.5 Å². The summed E-state index contributed by atoms with van der Waals surface area (Å²) in [4.78, 5) is 8.42. The van der Waals surface area contributed by atoms with Crippen molar-refractivity contribution < 1.29 is 4.52 Å². The molecule has 0 spiro atoms. The second-order valence-electron chi connectivity index (χ2n) is 5.18. The van der Waals surface area contributed by atoms with E-state index in [1.165, 1.54) is 5.56 Å². The van der Waals surface area contributed by atoms with Crippen LogP contribution in [0.15, 0.2) is 26.3 Å². The molecule has 2 aromatic heterocycles. The van der Waals surface area contributed by atoms with Crippen molar-refractivity contribution >= 4 is 17.3 Å². The van der Waals surface area contributed by atoms with Crippen molar-refractivity contribution in [1.82, 2.24) is 20.8 Å². The van der Waals surface area contributed by atoms with Crippen LogP contribution in [0.1, 0.15) is 36.5 Å². The van der Waals surface area contributed by atoms with Crippen LogP contribution in [0.4, 0.5) is 0 Å². The zero-order chi connectivity index (χ0) is 15.8. The van der Waals surface area contributed by atoms with Crippen LogP contribution >= 0.6 is 11.3 Å². The molecule has 0 aromatic carbocycles. The Hall–Kier alpha value is -1.89. The number of rotatable bonds is 7. The Morgan fingerprint density at radius 3 is 2.95 bits per heavy atom. The van der Waals surface area contributed by atoms with Crippen molar-refractivity contribution in [3.63, 3.8) is 0 Å². The number of hydrogen-bond acceptors (Lipinski definition) is 5. The quantitative estimate of drug-likeness (QED) is 0.465. The average Bonchev–Trinajstić information content (AvgIpc) is 3.18. The fourth-order valence-corrected chi connectivity index (χ4v) is 2.81. The van der Waals surface area contributed by atoms with E-state index < -0.39 is 0 Å². The summed E-state index contributed by atoms with van der Waals surface area (Å²) in [5, 5.41) is 14.7. The molecule has 22 heavy (non-hydrogen) atoms. The fourth-order valence-electron chi connectivity index (χ4n) is 2.03. The van der Waals surface area contributed by atoms with E-state index in [9.17, 15) is 0 Å². The van der Waals surface area contributed by atoms with Gasteiger partial charge in [-0.3, -0.25) is 4.99 Å². The Morgan fingerprint density at radius 1 is 1.45 bits per heavy atom. The van der Waals surface area contributed by atoms with Crippen molar-refractivity contribution in [2.24, 2.45) is 4.99 Å². The third-order valence-corrected chi connectivity index (χ3v) is 4.04. The van der Waals surface area contributed by atoms with Gasteiger partial charge in [-0.15, -0.1) is 0 Å². The number of aryl methyl sites for hydroxylation is 2. The lowest BCUT2D eigenvalue weighted by atomic mass is 10.1. The fraction of sp³-hybridized carbons (Fsp3) is 0.533. The highest BCUT2D eigenvalue weighted by Gasteiger charge is 2.07. The van der Waals surface area contributed by atoms with E-state index in [0.29, 0.717) is 17.6 Å².